The lowest BCUT2D eigenvalue weighted by Gasteiger charge is -2.25. The van der Waals surface area contributed by atoms with E-state index in [9.17, 15) is 9.59 Å². The number of nitrogen functional groups attached to an aromatic ring is 1. The number of benzene rings is 1. The number of nitrogens with zero attached hydrogens (tertiary/aromatic N) is 1. The highest BCUT2D eigenvalue weighted by Gasteiger charge is 2.16. The van der Waals surface area contributed by atoms with Gasteiger partial charge in [-0.3, -0.25) is 4.79 Å². The van der Waals surface area contributed by atoms with E-state index in [1.54, 1.807) is 18.0 Å². The van der Waals surface area contributed by atoms with E-state index >= 15 is 0 Å². The maximum absolute atomic E-state index is 11.8. The van der Waals surface area contributed by atoms with Crippen LogP contribution in [0, 0.1) is 0 Å². The first-order valence-electron chi connectivity index (χ1n) is 6.25. The minimum absolute atomic E-state index is 0.123. The van der Waals surface area contributed by atoms with Crippen molar-refractivity contribution in [3.05, 3.63) is 23.8 Å². The lowest BCUT2D eigenvalue weighted by molar-refractivity contribution is -0.121. The van der Waals surface area contributed by atoms with E-state index in [-0.39, 0.29) is 23.6 Å². The van der Waals surface area contributed by atoms with Gasteiger partial charge < -0.3 is 21.1 Å². The molecule has 0 radical (unpaired) electrons. The van der Waals surface area contributed by atoms with E-state index in [1.807, 2.05) is 20.8 Å². The second kappa shape index (κ2) is 5.81. The van der Waals surface area contributed by atoms with Gasteiger partial charge in [0.15, 0.2) is 0 Å². The van der Waals surface area contributed by atoms with Crippen LogP contribution < -0.4 is 16.0 Å². The van der Waals surface area contributed by atoms with Crippen LogP contribution in [0.1, 0.15) is 31.1 Å². The van der Waals surface area contributed by atoms with Crippen LogP contribution in [0.25, 0.3) is 0 Å². The molecule has 1 rings (SSSR count). The van der Waals surface area contributed by atoms with Gasteiger partial charge in [-0.15, -0.1) is 0 Å². The van der Waals surface area contributed by atoms with Crippen LogP contribution in [0.4, 0.5) is 11.4 Å². The first kappa shape index (κ1) is 15.8. The monoisotopic (exact) mass is 279 g/mol. The summed E-state index contributed by atoms with van der Waals surface area (Å²) in [7, 11) is 1.73. The van der Waals surface area contributed by atoms with Crippen molar-refractivity contribution in [2.24, 2.45) is 0 Å². The number of hydrogen-bond donors (Lipinski definition) is 3. The number of likely N-dealkylation sites (N-methyl/N-ethyl adjacent to an activating group) is 1. The first-order chi connectivity index (χ1) is 9.10. The van der Waals surface area contributed by atoms with Gasteiger partial charge in [-0.2, -0.15) is 0 Å². The highest BCUT2D eigenvalue weighted by Crippen LogP contribution is 2.23. The molecule has 0 fully saturated rings. The van der Waals surface area contributed by atoms with Gasteiger partial charge >= 0.3 is 5.97 Å². The van der Waals surface area contributed by atoms with E-state index in [2.05, 4.69) is 5.32 Å². The van der Waals surface area contributed by atoms with Gasteiger partial charge in [0, 0.05) is 12.6 Å². The first-order valence-corrected chi connectivity index (χ1v) is 6.25. The number of nitrogens with one attached hydrogen (secondary N) is 1. The van der Waals surface area contributed by atoms with Crippen LogP contribution in [-0.2, 0) is 4.79 Å². The minimum atomic E-state index is -1.03. The molecule has 0 bridgehead atoms. The van der Waals surface area contributed by atoms with Crippen molar-refractivity contribution in [3.8, 4) is 0 Å². The molecule has 0 aromatic heterocycles. The molecule has 1 amide bonds. The summed E-state index contributed by atoms with van der Waals surface area (Å²) in [5.74, 6) is -1.15. The summed E-state index contributed by atoms with van der Waals surface area (Å²) >= 11 is 0. The van der Waals surface area contributed by atoms with Crippen molar-refractivity contribution >= 4 is 23.3 Å². The van der Waals surface area contributed by atoms with E-state index in [1.165, 1.54) is 12.1 Å². The second-order valence-electron chi connectivity index (χ2n) is 5.73. The topological polar surface area (TPSA) is 95.7 Å². The quantitative estimate of drug-likeness (QED) is 0.722. The Morgan fingerprint density at radius 3 is 2.40 bits per heavy atom. The maximum atomic E-state index is 11.8. The molecule has 0 saturated carbocycles. The van der Waals surface area contributed by atoms with Crippen molar-refractivity contribution in [2.75, 3.05) is 24.2 Å². The molecule has 0 spiro atoms. The van der Waals surface area contributed by atoms with Gasteiger partial charge in [0.05, 0.1) is 23.5 Å². The SMILES string of the molecule is CN(CC(=O)NC(C)(C)C)c1ccc(C(=O)O)cc1N. The molecule has 4 N–H and O–H groups in total. The molecule has 0 atom stereocenters. The zero-order chi connectivity index (χ0) is 15.5. The Morgan fingerprint density at radius 1 is 1.35 bits per heavy atom. The van der Waals surface area contributed by atoms with E-state index < -0.39 is 5.97 Å². The number of amides is 1. The third kappa shape index (κ3) is 4.46. The number of carbonyl (C=O) groups excluding carboxylic acids is 1. The lowest BCUT2D eigenvalue weighted by Crippen LogP contribution is -2.45. The van der Waals surface area contributed by atoms with Crippen molar-refractivity contribution in [3.63, 3.8) is 0 Å². The van der Waals surface area contributed by atoms with Crippen molar-refractivity contribution in [1.82, 2.24) is 5.32 Å². The van der Waals surface area contributed by atoms with E-state index in [0.717, 1.165) is 0 Å². The van der Waals surface area contributed by atoms with Crippen molar-refractivity contribution < 1.29 is 14.7 Å². The normalized spacial score (nSPS) is 11.0. The Balaban J connectivity index is 2.80. The smallest absolute Gasteiger partial charge is 0.335 e. The summed E-state index contributed by atoms with van der Waals surface area (Å²) in [5, 5.41) is 11.7. The number of carboxylic acid groups (broad SMARTS) is 1. The standard InChI is InChI=1S/C14H21N3O3/c1-14(2,3)16-12(18)8-17(4)11-6-5-9(13(19)20)7-10(11)15/h5-7H,8,15H2,1-4H3,(H,16,18)(H,19,20). The number of hydrogen-bond acceptors (Lipinski definition) is 4. The molecular weight excluding hydrogens is 258 g/mol. The Labute approximate surface area is 118 Å². The molecule has 110 valence electrons. The van der Waals surface area contributed by atoms with Gasteiger partial charge in [-0.1, -0.05) is 0 Å². The summed E-state index contributed by atoms with van der Waals surface area (Å²) in [6.45, 7) is 5.86. The summed E-state index contributed by atoms with van der Waals surface area (Å²) in [5.41, 5.74) is 6.61. The molecular formula is C14H21N3O3. The molecule has 6 heteroatoms. The maximum Gasteiger partial charge on any atom is 0.335 e. The number of aromatic carboxylic acids is 1. The number of carboxylic acids is 1. The number of nitrogens with two attached hydrogens (primary N) is 1. The average molecular weight is 279 g/mol. The van der Waals surface area contributed by atoms with Crippen LogP contribution in [0.15, 0.2) is 18.2 Å². The Bertz CT molecular complexity index is 521. The van der Waals surface area contributed by atoms with Crippen LogP contribution in [0.3, 0.4) is 0 Å². The van der Waals surface area contributed by atoms with Crippen LogP contribution >= 0.6 is 0 Å². The number of anilines is 2. The fourth-order valence-corrected chi connectivity index (χ4v) is 1.79. The largest absolute Gasteiger partial charge is 0.478 e. The molecule has 0 aliphatic carbocycles. The van der Waals surface area contributed by atoms with E-state index in [4.69, 9.17) is 10.8 Å². The van der Waals surface area contributed by atoms with Gasteiger partial charge in [-0.25, -0.2) is 4.79 Å². The van der Waals surface area contributed by atoms with Gasteiger partial charge in [0.1, 0.15) is 0 Å². The Morgan fingerprint density at radius 2 is 1.95 bits per heavy atom. The summed E-state index contributed by atoms with van der Waals surface area (Å²) in [6.07, 6.45) is 0. The number of carbonyl (C=O) groups is 2. The zero-order valence-electron chi connectivity index (χ0n) is 12.2. The third-order valence-corrected chi connectivity index (χ3v) is 2.58. The average Bonchev–Trinajstić information content (AvgIpc) is 2.25. The minimum Gasteiger partial charge on any atom is -0.478 e. The molecule has 0 saturated heterocycles. The molecule has 1 aromatic carbocycles. The van der Waals surface area contributed by atoms with Crippen LogP contribution in [0.2, 0.25) is 0 Å². The lowest BCUT2D eigenvalue weighted by atomic mass is 10.1. The highest BCUT2D eigenvalue weighted by molar-refractivity contribution is 5.91. The van der Waals surface area contributed by atoms with Crippen LogP contribution in [0.5, 0.6) is 0 Å². The molecule has 1 aromatic rings. The van der Waals surface area contributed by atoms with Crippen molar-refractivity contribution in [2.45, 2.75) is 26.3 Å². The predicted molar refractivity (Wildman–Crippen MR) is 79.0 cm³/mol. The number of rotatable bonds is 4. The zero-order valence-corrected chi connectivity index (χ0v) is 12.2. The van der Waals surface area contributed by atoms with Crippen molar-refractivity contribution in [1.29, 1.82) is 0 Å². The Kier molecular flexibility index (Phi) is 4.60. The van der Waals surface area contributed by atoms with Gasteiger partial charge in [-0.05, 0) is 39.0 Å². The summed E-state index contributed by atoms with van der Waals surface area (Å²) in [6, 6.07) is 4.45. The molecule has 6 nitrogen and oxygen atoms in total. The predicted octanol–water partition coefficient (Wildman–Crippen LogP) is 1.32. The molecule has 20 heavy (non-hydrogen) atoms. The Hall–Kier alpha value is -2.24. The summed E-state index contributed by atoms with van der Waals surface area (Å²) < 4.78 is 0. The van der Waals surface area contributed by atoms with Gasteiger partial charge in [0.25, 0.3) is 0 Å². The highest BCUT2D eigenvalue weighted by atomic mass is 16.4. The molecule has 0 unspecified atom stereocenters. The fraction of sp³-hybridized carbons (Fsp3) is 0.429. The van der Waals surface area contributed by atoms with E-state index in [0.29, 0.717) is 11.4 Å². The summed E-state index contributed by atoms with van der Waals surface area (Å²) in [4.78, 5) is 24.4. The van der Waals surface area contributed by atoms with Crippen LogP contribution in [-0.4, -0.2) is 36.1 Å². The fourth-order valence-electron chi connectivity index (χ4n) is 1.79. The van der Waals surface area contributed by atoms with Gasteiger partial charge in [0.2, 0.25) is 5.91 Å². The molecule has 0 aliphatic rings. The third-order valence-electron chi connectivity index (χ3n) is 2.58. The molecule has 0 aliphatic heterocycles. The molecule has 0 heterocycles. The second-order valence-corrected chi connectivity index (χ2v) is 5.73.